The van der Waals surface area contributed by atoms with E-state index in [0.717, 1.165) is 44.5 Å². The standard InChI is InChI=1S/C20H26F4N4O/c1-25-6-7-28(2)11-15-10-26-27-18(15)14-8-16(20(22,23)24)19(17(21)9-14)29-12-13-4-3-5-13/h8-10,13,25H,3-7,11-12H2,1-2H3,(H,26,27). The molecule has 2 N–H and O–H groups in total. The molecule has 9 heteroatoms. The fraction of sp³-hybridized carbons (Fsp3) is 0.550. The molecule has 1 aromatic heterocycles. The van der Waals surface area contributed by atoms with Gasteiger partial charge in [-0.1, -0.05) is 6.42 Å². The number of nitrogens with one attached hydrogen (secondary N) is 2. The molecule has 1 aliphatic rings. The van der Waals surface area contributed by atoms with Crippen molar-refractivity contribution in [2.75, 3.05) is 33.8 Å². The molecule has 1 aliphatic carbocycles. The summed E-state index contributed by atoms with van der Waals surface area (Å²) < 4.78 is 60.8. The molecular formula is C20H26F4N4O. The molecule has 29 heavy (non-hydrogen) atoms. The zero-order valence-electron chi connectivity index (χ0n) is 16.6. The van der Waals surface area contributed by atoms with Gasteiger partial charge >= 0.3 is 6.18 Å². The van der Waals surface area contributed by atoms with E-state index in [4.69, 9.17) is 4.74 Å². The number of hydrogen-bond acceptors (Lipinski definition) is 4. The molecule has 0 aliphatic heterocycles. The molecule has 1 aromatic carbocycles. The van der Waals surface area contributed by atoms with Gasteiger partial charge in [-0.05, 0) is 45.0 Å². The average Bonchev–Trinajstić information content (AvgIpc) is 3.06. The van der Waals surface area contributed by atoms with Crippen molar-refractivity contribution in [2.45, 2.75) is 32.0 Å². The minimum atomic E-state index is -4.73. The van der Waals surface area contributed by atoms with Crippen LogP contribution in [0.25, 0.3) is 11.3 Å². The van der Waals surface area contributed by atoms with Gasteiger partial charge in [-0.25, -0.2) is 4.39 Å². The lowest BCUT2D eigenvalue weighted by atomic mass is 9.86. The summed E-state index contributed by atoms with van der Waals surface area (Å²) in [5.41, 5.74) is -0.0380. The summed E-state index contributed by atoms with van der Waals surface area (Å²) in [4.78, 5) is 2.00. The molecule has 1 fully saturated rings. The molecule has 0 radical (unpaired) electrons. The molecule has 1 saturated carbocycles. The highest BCUT2D eigenvalue weighted by atomic mass is 19.4. The molecule has 0 spiro atoms. The Morgan fingerprint density at radius 2 is 2.07 bits per heavy atom. The van der Waals surface area contributed by atoms with Crippen LogP contribution in [-0.4, -0.2) is 48.9 Å². The van der Waals surface area contributed by atoms with Gasteiger partial charge in [0.15, 0.2) is 11.6 Å². The lowest BCUT2D eigenvalue weighted by Crippen LogP contribution is -2.27. The average molecular weight is 414 g/mol. The van der Waals surface area contributed by atoms with Gasteiger partial charge in [0.05, 0.1) is 12.3 Å². The Morgan fingerprint density at radius 3 is 2.69 bits per heavy atom. The van der Waals surface area contributed by atoms with Crippen LogP contribution in [-0.2, 0) is 12.7 Å². The Balaban J connectivity index is 1.88. The van der Waals surface area contributed by atoms with Crippen LogP contribution in [0.1, 0.15) is 30.4 Å². The molecule has 5 nitrogen and oxygen atoms in total. The van der Waals surface area contributed by atoms with E-state index in [-0.39, 0.29) is 18.1 Å². The zero-order chi connectivity index (χ0) is 21.0. The smallest absolute Gasteiger partial charge is 0.420 e. The summed E-state index contributed by atoms with van der Waals surface area (Å²) in [6.45, 7) is 2.08. The quantitative estimate of drug-likeness (QED) is 0.608. The van der Waals surface area contributed by atoms with E-state index in [1.165, 1.54) is 0 Å². The maximum Gasteiger partial charge on any atom is 0.420 e. The number of hydrogen-bond donors (Lipinski definition) is 2. The highest BCUT2D eigenvalue weighted by molar-refractivity contribution is 5.66. The number of alkyl halides is 3. The van der Waals surface area contributed by atoms with E-state index < -0.39 is 23.3 Å². The van der Waals surface area contributed by atoms with Gasteiger partial charge in [-0.15, -0.1) is 0 Å². The van der Waals surface area contributed by atoms with Crippen LogP contribution < -0.4 is 10.1 Å². The van der Waals surface area contributed by atoms with E-state index in [1.54, 1.807) is 6.20 Å². The minimum absolute atomic E-state index is 0.0732. The lowest BCUT2D eigenvalue weighted by molar-refractivity contribution is -0.139. The molecule has 3 rings (SSSR count). The van der Waals surface area contributed by atoms with E-state index in [9.17, 15) is 17.6 Å². The van der Waals surface area contributed by atoms with Gasteiger partial charge in [-0.2, -0.15) is 18.3 Å². The maximum atomic E-state index is 14.7. The van der Waals surface area contributed by atoms with Crippen LogP contribution in [0.15, 0.2) is 18.3 Å². The van der Waals surface area contributed by atoms with Crippen LogP contribution in [0, 0.1) is 11.7 Å². The Labute approximate surface area is 167 Å². The van der Waals surface area contributed by atoms with Crippen molar-refractivity contribution in [3.05, 3.63) is 35.3 Å². The van der Waals surface area contributed by atoms with Crippen molar-refractivity contribution < 1.29 is 22.3 Å². The second kappa shape index (κ2) is 9.13. The van der Waals surface area contributed by atoms with Crippen molar-refractivity contribution in [2.24, 2.45) is 5.92 Å². The summed E-state index contributed by atoms with van der Waals surface area (Å²) >= 11 is 0. The van der Waals surface area contributed by atoms with Crippen molar-refractivity contribution >= 4 is 0 Å². The molecule has 0 unspecified atom stereocenters. The Morgan fingerprint density at radius 1 is 1.31 bits per heavy atom. The SMILES string of the molecule is CNCCN(C)Cc1c[nH]nc1-c1cc(F)c(OCC2CCC2)c(C(F)(F)F)c1. The Hall–Kier alpha value is -2.13. The lowest BCUT2D eigenvalue weighted by Gasteiger charge is -2.26. The minimum Gasteiger partial charge on any atom is -0.490 e. The van der Waals surface area contributed by atoms with Crippen molar-refractivity contribution in [3.63, 3.8) is 0 Å². The second-order valence-corrected chi connectivity index (χ2v) is 7.54. The number of nitrogens with zero attached hydrogens (tertiary/aromatic N) is 2. The largest absolute Gasteiger partial charge is 0.490 e. The molecule has 160 valence electrons. The van der Waals surface area contributed by atoms with Crippen molar-refractivity contribution in [1.82, 2.24) is 20.4 Å². The number of ether oxygens (including phenoxy) is 1. The van der Waals surface area contributed by atoms with E-state index in [0.29, 0.717) is 17.8 Å². The van der Waals surface area contributed by atoms with E-state index in [2.05, 4.69) is 15.5 Å². The number of rotatable bonds is 9. The molecule has 0 amide bonds. The summed E-state index contributed by atoms with van der Waals surface area (Å²) in [6.07, 6.45) is -0.271. The van der Waals surface area contributed by atoms with Gasteiger partial charge < -0.3 is 15.0 Å². The summed E-state index contributed by atoms with van der Waals surface area (Å²) in [5.74, 6) is -1.55. The number of H-pyrrole nitrogens is 1. The summed E-state index contributed by atoms with van der Waals surface area (Å²) in [5, 5.41) is 9.78. The summed E-state index contributed by atoms with van der Waals surface area (Å²) in [6, 6.07) is 1.99. The summed E-state index contributed by atoms with van der Waals surface area (Å²) in [7, 11) is 3.74. The van der Waals surface area contributed by atoms with Gasteiger partial charge in [0.2, 0.25) is 0 Å². The number of benzene rings is 1. The van der Waals surface area contributed by atoms with Crippen LogP contribution in [0.4, 0.5) is 17.6 Å². The maximum absolute atomic E-state index is 14.7. The molecule has 1 heterocycles. The first-order chi connectivity index (χ1) is 13.8. The van der Waals surface area contributed by atoms with Crippen LogP contribution in [0.5, 0.6) is 5.75 Å². The normalized spacial score (nSPS) is 15.0. The zero-order valence-corrected chi connectivity index (χ0v) is 16.6. The van der Waals surface area contributed by atoms with E-state index >= 15 is 0 Å². The monoisotopic (exact) mass is 414 g/mol. The van der Waals surface area contributed by atoms with Crippen LogP contribution >= 0.6 is 0 Å². The van der Waals surface area contributed by atoms with Crippen LogP contribution in [0.2, 0.25) is 0 Å². The van der Waals surface area contributed by atoms with E-state index in [1.807, 2.05) is 19.0 Å². The molecule has 0 atom stereocenters. The first kappa shape index (κ1) is 21.6. The van der Waals surface area contributed by atoms with Crippen molar-refractivity contribution in [1.29, 1.82) is 0 Å². The van der Waals surface area contributed by atoms with Crippen molar-refractivity contribution in [3.8, 4) is 17.0 Å². The molecule has 0 bridgehead atoms. The number of aromatic nitrogens is 2. The third-order valence-corrected chi connectivity index (χ3v) is 5.21. The predicted molar refractivity (Wildman–Crippen MR) is 102 cm³/mol. The molecule has 0 saturated heterocycles. The fourth-order valence-corrected chi connectivity index (χ4v) is 3.31. The number of aromatic amines is 1. The van der Waals surface area contributed by atoms with Gasteiger partial charge in [0, 0.05) is 37.0 Å². The fourth-order valence-electron chi connectivity index (χ4n) is 3.31. The molecule has 2 aromatic rings. The van der Waals surface area contributed by atoms with Gasteiger partial charge in [0.1, 0.15) is 5.56 Å². The predicted octanol–water partition coefficient (Wildman–Crippen LogP) is 4.06. The highest BCUT2D eigenvalue weighted by Gasteiger charge is 2.37. The van der Waals surface area contributed by atoms with Gasteiger partial charge in [-0.3, -0.25) is 5.10 Å². The third kappa shape index (κ3) is 5.27. The Bertz CT molecular complexity index is 817. The number of likely N-dealkylation sites (N-methyl/N-ethyl adjacent to an activating group) is 2. The topological polar surface area (TPSA) is 53.2 Å². The van der Waals surface area contributed by atoms with Gasteiger partial charge in [0.25, 0.3) is 0 Å². The number of halogens is 4. The third-order valence-electron chi connectivity index (χ3n) is 5.21. The first-order valence-corrected chi connectivity index (χ1v) is 9.69. The molecular weight excluding hydrogens is 388 g/mol. The highest BCUT2D eigenvalue weighted by Crippen LogP contribution is 2.41. The van der Waals surface area contributed by atoms with Crippen LogP contribution in [0.3, 0.4) is 0 Å². The first-order valence-electron chi connectivity index (χ1n) is 9.69. The second-order valence-electron chi connectivity index (χ2n) is 7.54. The Kier molecular flexibility index (Phi) is 6.79.